The molecule has 0 heterocycles. The SMILES string of the molecule is CS(=O)(=O)CCS(=O)(=O)Nc1c(Cl)cc(Cl)cc1C(=O)O. The Bertz CT molecular complexity index is 773. The summed E-state index contributed by atoms with van der Waals surface area (Å²) in [4.78, 5) is 11.1. The second kappa shape index (κ2) is 6.39. The van der Waals surface area contributed by atoms with E-state index in [2.05, 4.69) is 0 Å². The summed E-state index contributed by atoms with van der Waals surface area (Å²) in [6.07, 6.45) is 0.889. The number of sulfone groups is 1. The number of aromatic carboxylic acids is 1. The fourth-order valence-electron chi connectivity index (χ4n) is 1.31. The van der Waals surface area contributed by atoms with Crippen molar-refractivity contribution in [1.82, 2.24) is 0 Å². The van der Waals surface area contributed by atoms with Crippen LogP contribution in [0, 0.1) is 0 Å². The van der Waals surface area contributed by atoms with Crippen molar-refractivity contribution in [3.63, 3.8) is 0 Å². The average Bonchev–Trinajstić information content (AvgIpc) is 2.29. The fraction of sp³-hybridized carbons (Fsp3) is 0.300. The van der Waals surface area contributed by atoms with Crippen molar-refractivity contribution in [2.24, 2.45) is 0 Å². The van der Waals surface area contributed by atoms with E-state index in [-0.39, 0.29) is 15.7 Å². The monoisotopic (exact) mass is 375 g/mol. The summed E-state index contributed by atoms with van der Waals surface area (Å²) in [5.74, 6) is -2.75. The lowest BCUT2D eigenvalue weighted by molar-refractivity contribution is 0.0698. The van der Waals surface area contributed by atoms with Gasteiger partial charge in [0.1, 0.15) is 9.84 Å². The zero-order valence-electron chi connectivity index (χ0n) is 10.6. The molecule has 0 radical (unpaired) electrons. The molecule has 0 aliphatic heterocycles. The Hall–Kier alpha value is -1.03. The number of carboxylic acids is 1. The number of carbonyl (C=O) groups is 1. The zero-order valence-corrected chi connectivity index (χ0v) is 13.8. The Morgan fingerprint density at radius 3 is 2.24 bits per heavy atom. The number of rotatable bonds is 6. The number of anilines is 1. The van der Waals surface area contributed by atoms with Crippen LogP contribution in [0.4, 0.5) is 5.69 Å². The number of sulfonamides is 1. The molecule has 1 aromatic carbocycles. The van der Waals surface area contributed by atoms with Crippen LogP contribution in [-0.4, -0.2) is 45.7 Å². The quantitative estimate of drug-likeness (QED) is 0.777. The van der Waals surface area contributed by atoms with Gasteiger partial charge in [-0.3, -0.25) is 4.72 Å². The lowest BCUT2D eigenvalue weighted by Crippen LogP contribution is -2.23. The van der Waals surface area contributed by atoms with E-state index >= 15 is 0 Å². The Morgan fingerprint density at radius 1 is 1.19 bits per heavy atom. The van der Waals surface area contributed by atoms with Crippen LogP contribution in [0.1, 0.15) is 10.4 Å². The molecule has 0 saturated carbocycles. The van der Waals surface area contributed by atoms with Crippen LogP contribution < -0.4 is 4.72 Å². The zero-order chi connectivity index (χ0) is 16.4. The molecule has 0 aliphatic carbocycles. The van der Waals surface area contributed by atoms with Gasteiger partial charge in [-0.25, -0.2) is 21.6 Å². The highest BCUT2D eigenvalue weighted by Gasteiger charge is 2.21. The number of hydrogen-bond donors (Lipinski definition) is 2. The molecule has 0 atom stereocenters. The van der Waals surface area contributed by atoms with Crippen LogP contribution in [0.15, 0.2) is 12.1 Å². The number of halogens is 2. The summed E-state index contributed by atoms with van der Waals surface area (Å²) in [6.45, 7) is 0. The minimum absolute atomic E-state index is 0.0245. The molecule has 7 nitrogen and oxygen atoms in total. The Labute approximate surface area is 131 Å². The molecule has 0 spiro atoms. The third-order valence-corrected chi connectivity index (χ3v) is 5.24. The number of carboxylic acid groups (broad SMARTS) is 1. The summed E-state index contributed by atoms with van der Waals surface area (Å²) < 4.78 is 47.5. The van der Waals surface area contributed by atoms with Crippen LogP contribution in [0.2, 0.25) is 10.0 Å². The standard InChI is InChI=1S/C10H11Cl2NO6S2/c1-20(16,17)2-3-21(18,19)13-9-7(10(14)15)4-6(11)5-8(9)12/h4-5,13H,2-3H2,1H3,(H,14,15). The normalized spacial score (nSPS) is 12.1. The molecule has 21 heavy (non-hydrogen) atoms. The molecule has 118 valence electrons. The minimum Gasteiger partial charge on any atom is -0.478 e. The number of nitrogens with one attached hydrogen (secondary N) is 1. The molecule has 0 aromatic heterocycles. The Morgan fingerprint density at radius 2 is 1.76 bits per heavy atom. The van der Waals surface area contributed by atoms with Gasteiger partial charge in [0.15, 0.2) is 0 Å². The highest BCUT2D eigenvalue weighted by molar-refractivity contribution is 7.95. The van der Waals surface area contributed by atoms with E-state index in [1.54, 1.807) is 0 Å². The van der Waals surface area contributed by atoms with E-state index in [4.69, 9.17) is 28.3 Å². The summed E-state index contributed by atoms with van der Waals surface area (Å²) in [5, 5.41) is 8.84. The second-order valence-corrected chi connectivity index (χ2v) is 9.11. The van der Waals surface area contributed by atoms with Crippen molar-refractivity contribution in [3.8, 4) is 0 Å². The molecule has 0 saturated heterocycles. The number of benzene rings is 1. The highest BCUT2D eigenvalue weighted by atomic mass is 35.5. The first-order valence-corrected chi connectivity index (χ1v) is 9.79. The van der Waals surface area contributed by atoms with Crippen molar-refractivity contribution in [1.29, 1.82) is 0 Å². The van der Waals surface area contributed by atoms with Gasteiger partial charge >= 0.3 is 5.97 Å². The van der Waals surface area contributed by atoms with Gasteiger partial charge in [-0.05, 0) is 12.1 Å². The molecular weight excluding hydrogens is 365 g/mol. The van der Waals surface area contributed by atoms with E-state index < -0.39 is 42.9 Å². The first-order chi connectivity index (χ1) is 9.41. The second-order valence-electron chi connectivity index (χ2n) is 4.17. The molecule has 1 rings (SSSR count). The lowest BCUT2D eigenvalue weighted by Gasteiger charge is -2.12. The maximum absolute atomic E-state index is 11.8. The molecule has 1 aromatic rings. The maximum Gasteiger partial charge on any atom is 0.337 e. The van der Waals surface area contributed by atoms with Crippen molar-refractivity contribution < 1.29 is 26.7 Å². The summed E-state index contributed by atoms with van der Waals surface area (Å²) >= 11 is 11.4. The predicted octanol–water partition coefficient (Wildman–Crippen LogP) is 1.48. The molecule has 0 bridgehead atoms. The molecule has 0 amide bonds. The predicted molar refractivity (Wildman–Crippen MR) is 80.5 cm³/mol. The molecular formula is C10H11Cl2NO6S2. The van der Waals surface area contributed by atoms with E-state index in [1.807, 2.05) is 4.72 Å². The largest absolute Gasteiger partial charge is 0.478 e. The van der Waals surface area contributed by atoms with Crippen molar-refractivity contribution in [2.45, 2.75) is 0 Å². The van der Waals surface area contributed by atoms with Gasteiger partial charge in [-0.1, -0.05) is 23.2 Å². The Balaban J connectivity index is 3.15. The van der Waals surface area contributed by atoms with Crippen LogP contribution >= 0.6 is 23.2 Å². The van der Waals surface area contributed by atoms with E-state index in [9.17, 15) is 21.6 Å². The number of hydrogen-bond acceptors (Lipinski definition) is 5. The third kappa shape index (κ3) is 5.70. The maximum atomic E-state index is 11.8. The van der Waals surface area contributed by atoms with Gasteiger partial charge in [0.25, 0.3) is 0 Å². The van der Waals surface area contributed by atoms with Gasteiger partial charge in [-0.2, -0.15) is 0 Å². The first kappa shape index (κ1) is 18.0. The summed E-state index contributed by atoms with van der Waals surface area (Å²) in [5.41, 5.74) is -0.794. The molecule has 0 aliphatic rings. The Kier molecular flexibility index (Phi) is 5.48. The average molecular weight is 376 g/mol. The van der Waals surface area contributed by atoms with Gasteiger partial charge < -0.3 is 5.11 Å². The summed E-state index contributed by atoms with van der Waals surface area (Å²) in [7, 11) is -7.56. The van der Waals surface area contributed by atoms with Gasteiger partial charge in [0, 0.05) is 11.3 Å². The van der Waals surface area contributed by atoms with Crippen molar-refractivity contribution in [2.75, 3.05) is 22.5 Å². The molecule has 11 heteroatoms. The van der Waals surface area contributed by atoms with E-state index in [1.165, 1.54) is 6.07 Å². The molecule has 0 unspecified atom stereocenters. The van der Waals surface area contributed by atoms with Crippen LogP contribution in [-0.2, 0) is 19.9 Å². The molecule has 0 fully saturated rings. The van der Waals surface area contributed by atoms with Crippen molar-refractivity contribution in [3.05, 3.63) is 27.7 Å². The smallest absolute Gasteiger partial charge is 0.337 e. The van der Waals surface area contributed by atoms with E-state index in [0.717, 1.165) is 12.3 Å². The fourth-order valence-corrected chi connectivity index (χ4v) is 4.63. The summed E-state index contributed by atoms with van der Waals surface area (Å²) in [6, 6.07) is 2.20. The topological polar surface area (TPSA) is 118 Å². The first-order valence-electron chi connectivity index (χ1n) is 5.32. The molecule has 2 N–H and O–H groups in total. The van der Waals surface area contributed by atoms with Gasteiger partial charge in [0.2, 0.25) is 10.0 Å². The van der Waals surface area contributed by atoms with Gasteiger partial charge in [-0.15, -0.1) is 0 Å². The van der Waals surface area contributed by atoms with Crippen LogP contribution in [0.5, 0.6) is 0 Å². The third-order valence-electron chi connectivity index (χ3n) is 2.27. The van der Waals surface area contributed by atoms with Crippen molar-refractivity contribution >= 4 is 54.7 Å². The highest BCUT2D eigenvalue weighted by Crippen LogP contribution is 2.31. The van der Waals surface area contributed by atoms with Crippen LogP contribution in [0.25, 0.3) is 0 Å². The minimum atomic E-state index is -4.08. The van der Waals surface area contributed by atoms with Crippen LogP contribution in [0.3, 0.4) is 0 Å². The van der Waals surface area contributed by atoms with Gasteiger partial charge in [0.05, 0.1) is 27.8 Å². The lowest BCUT2D eigenvalue weighted by atomic mass is 10.2. The van der Waals surface area contributed by atoms with E-state index in [0.29, 0.717) is 0 Å².